The van der Waals surface area contributed by atoms with Crippen LogP contribution in [-0.4, -0.2) is 5.33 Å². The van der Waals surface area contributed by atoms with Crippen molar-refractivity contribution in [2.75, 3.05) is 5.33 Å². The van der Waals surface area contributed by atoms with Crippen molar-refractivity contribution in [2.45, 2.75) is 19.3 Å². The zero-order valence-electron chi connectivity index (χ0n) is 7.27. The molecule has 0 aromatic heterocycles. The van der Waals surface area contributed by atoms with E-state index < -0.39 is 0 Å². The molecule has 0 bridgehead atoms. The summed E-state index contributed by atoms with van der Waals surface area (Å²) in [7, 11) is 0. The summed E-state index contributed by atoms with van der Waals surface area (Å²) < 4.78 is 1.14. The Morgan fingerprint density at radius 3 is 2.08 bits per heavy atom. The van der Waals surface area contributed by atoms with Crippen LogP contribution in [0, 0.1) is 0 Å². The number of halogens is 2. The zero-order valence-corrected chi connectivity index (χ0v) is 10.4. The summed E-state index contributed by atoms with van der Waals surface area (Å²) in [5.74, 6) is 0. The molecule has 0 spiro atoms. The van der Waals surface area contributed by atoms with E-state index in [9.17, 15) is 0 Å². The number of hydrogen-bond donors (Lipinski definition) is 0. The van der Waals surface area contributed by atoms with Gasteiger partial charge in [-0.25, -0.2) is 0 Å². The van der Waals surface area contributed by atoms with Crippen molar-refractivity contribution in [3.8, 4) is 0 Å². The molecule has 0 atom stereocenters. The van der Waals surface area contributed by atoms with Crippen LogP contribution in [0.5, 0.6) is 0 Å². The van der Waals surface area contributed by atoms with E-state index >= 15 is 0 Å². The topological polar surface area (TPSA) is 0 Å². The zero-order chi connectivity index (χ0) is 9.19. The Morgan fingerprint density at radius 2 is 1.67 bits per heavy atom. The highest BCUT2D eigenvalue weighted by Gasteiger charge is 2.17. The summed E-state index contributed by atoms with van der Waals surface area (Å²) in [4.78, 5) is 0. The molecule has 1 aromatic rings. The van der Waals surface area contributed by atoms with Crippen LogP contribution in [0.3, 0.4) is 0 Å². The lowest BCUT2D eigenvalue weighted by Gasteiger charge is -2.22. The fourth-order valence-electron chi connectivity index (χ4n) is 0.978. The molecule has 0 aliphatic rings. The van der Waals surface area contributed by atoms with Crippen LogP contribution >= 0.6 is 31.9 Å². The first-order chi connectivity index (χ1) is 5.56. The van der Waals surface area contributed by atoms with E-state index in [2.05, 4.69) is 70.0 Å². The van der Waals surface area contributed by atoms with Crippen molar-refractivity contribution in [1.29, 1.82) is 0 Å². The molecule has 0 aliphatic carbocycles. The molecule has 0 unspecified atom stereocenters. The predicted molar refractivity (Wildman–Crippen MR) is 61.0 cm³/mol. The molecule has 1 aromatic carbocycles. The van der Waals surface area contributed by atoms with Gasteiger partial charge < -0.3 is 0 Å². The molecule has 0 fully saturated rings. The van der Waals surface area contributed by atoms with Crippen molar-refractivity contribution in [2.24, 2.45) is 0 Å². The second kappa shape index (κ2) is 3.93. The highest BCUT2D eigenvalue weighted by Crippen LogP contribution is 2.26. The summed E-state index contributed by atoms with van der Waals surface area (Å²) in [6.07, 6.45) is 0. The van der Waals surface area contributed by atoms with Crippen LogP contribution in [0.4, 0.5) is 0 Å². The largest absolute Gasteiger partial charge is 0.0919 e. The lowest BCUT2D eigenvalue weighted by molar-refractivity contribution is 0.606. The minimum absolute atomic E-state index is 0.223. The molecule has 0 amide bonds. The minimum Gasteiger partial charge on any atom is -0.0919 e. The van der Waals surface area contributed by atoms with E-state index in [4.69, 9.17) is 0 Å². The third-order valence-electron chi connectivity index (χ3n) is 1.96. The number of rotatable bonds is 2. The highest BCUT2D eigenvalue weighted by molar-refractivity contribution is 9.10. The van der Waals surface area contributed by atoms with Crippen molar-refractivity contribution >= 4 is 31.9 Å². The van der Waals surface area contributed by atoms with Crippen LogP contribution in [0.25, 0.3) is 0 Å². The van der Waals surface area contributed by atoms with E-state index in [0.717, 1.165) is 9.80 Å². The van der Waals surface area contributed by atoms with Gasteiger partial charge in [-0.1, -0.05) is 57.8 Å². The van der Waals surface area contributed by atoms with Crippen LogP contribution in [0.15, 0.2) is 28.7 Å². The molecule has 0 N–H and O–H groups in total. The molecule has 0 radical (unpaired) electrons. The first kappa shape index (κ1) is 10.3. The molecule has 1 rings (SSSR count). The molecular formula is C10H12Br2. The fraction of sp³-hybridized carbons (Fsp3) is 0.400. The number of alkyl halides is 1. The Bertz CT molecular complexity index is 249. The average Bonchev–Trinajstić information content (AvgIpc) is 2.05. The van der Waals surface area contributed by atoms with Gasteiger partial charge in [-0.15, -0.1) is 0 Å². The Kier molecular flexibility index (Phi) is 3.36. The third-order valence-corrected chi connectivity index (χ3v) is 3.89. The fourth-order valence-corrected chi connectivity index (χ4v) is 1.57. The minimum atomic E-state index is 0.223. The molecule has 66 valence electrons. The Morgan fingerprint density at radius 1 is 1.17 bits per heavy atom. The normalized spacial score (nSPS) is 11.7. The van der Waals surface area contributed by atoms with Crippen LogP contribution in [0.2, 0.25) is 0 Å². The average molecular weight is 292 g/mol. The van der Waals surface area contributed by atoms with E-state index in [1.165, 1.54) is 5.56 Å². The summed E-state index contributed by atoms with van der Waals surface area (Å²) in [6, 6.07) is 8.48. The molecule has 12 heavy (non-hydrogen) atoms. The molecular weight excluding hydrogens is 280 g/mol. The predicted octanol–water partition coefficient (Wildman–Crippen LogP) is 4.12. The van der Waals surface area contributed by atoms with Crippen molar-refractivity contribution in [1.82, 2.24) is 0 Å². The van der Waals surface area contributed by atoms with E-state index in [1.54, 1.807) is 0 Å². The van der Waals surface area contributed by atoms with E-state index in [-0.39, 0.29) is 5.41 Å². The van der Waals surface area contributed by atoms with Gasteiger partial charge in [-0.2, -0.15) is 0 Å². The molecule has 0 saturated heterocycles. The van der Waals surface area contributed by atoms with Gasteiger partial charge in [-0.05, 0) is 23.1 Å². The van der Waals surface area contributed by atoms with Crippen LogP contribution < -0.4 is 0 Å². The first-order valence-corrected chi connectivity index (χ1v) is 5.80. The summed E-state index contributed by atoms with van der Waals surface area (Å²) >= 11 is 6.94. The lowest BCUT2D eigenvalue weighted by atomic mass is 9.87. The number of benzene rings is 1. The standard InChI is InChI=1S/C10H12Br2/c1-10(2,7-11)8-3-5-9(12)6-4-8/h3-6H,7H2,1-2H3. The van der Waals surface area contributed by atoms with Gasteiger partial charge in [0, 0.05) is 9.80 Å². The number of hydrogen-bond acceptors (Lipinski definition) is 0. The Labute approximate surface area is 90.6 Å². The third kappa shape index (κ3) is 2.33. The SMILES string of the molecule is CC(C)(CBr)c1ccc(Br)cc1. The van der Waals surface area contributed by atoms with Gasteiger partial charge in [0.05, 0.1) is 0 Å². The monoisotopic (exact) mass is 290 g/mol. The van der Waals surface area contributed by atoms with Crippen molar-refractivity contribution < 1.29 is 0 Å². The summed E-state index contributed by atoms with van der Waals surface area (Å²) in [6.45, 7) is 4.45. The maximum absolute atomic E-state index is 3.51. The van der Waals surface area contributed by atoms with Gasteiger partial charge in [0.25, 0.3) is 0 Å². The van der Waals surface area contributed by atoms with Crippen LogP contribution in [-0.2, 0) is 5.41 Å². The smallest absolute Gasteiger partial charge is 0.0175 e. The van der Waals surface area contributed by atoms with Gasteiger partial charge in [0.1, 0.15) is 0 Å². The summed E-state index contributed by atoms with van der Waals surface area (Å²) in [5.41, 5.74) is 1.59. The molecule has 0 heterocycles. The van der Waals surface area contributed by atoms with Gasteiger partial charge in [0.2, 0.25) is 0 Å². The first-order valence-electron chi connectivity index (χ1n) is 3.88. The highest BCUT2D eigenvalue weighted by atomic mass is 79.9. The van der Waals surface area contributed by atoms with E-state index in [0.29, 0.717) is 0 Å². The second-order valence-electron chi connectivity index (χ2n) is 3.52. The van der Waals surface area contributed by atoms with Crippen LogP contribution in [0.1, 0.15) is 19.4 Å². The molecule has 0 nitrogen and oxygen atoms in total. The second-order valence-corrected chi connectivity index (χ2v) is 5.00. The maximum Gasteiger partial charge on any atom is 0.0175 e. The van der Waals surface area contributed by atoms with Gasteiger partial charge >= 0.3 is 0 Å². The molecule has 2 heteroatoms. The summed E-state index contributed by atoms with van der Waals surface area (Å²) in [5, 5.41) is 0.988. The van der Waals surface area contributed by atoms with E-state index in [1.807, 2.05) is 0 Å². The van der Waals surface area contributed by atoms with Gasteiger partial charge in [-0.3, -0.25) is 0 Å². The lowest BCUT2D eigenvalue weighted by Crippen LogP contribution is -2.18. The maximum atomic E-state index is 3.51. The molecule has 0 saturated carbocycles. The molecule has 0 aliphatic heterocycles. The van der Waals surface area contributed by atoms with Crippen molar-refractivity contribution in [3.63, 3.8) is 0 Å². The quantitative estimate of drug-likeness (QED) is 0.719. The van der Waals surface area contributed by atoms with Gasteiger partial charge in [0.15, 0.2) is 0 Å². The van der Waals surface area contributed by atoms with Crippen molar-refractivity contribution in [3.05, 3.63) is 34.3 Å². The Balaban J connectivity index is 2.96. The Hall–Kier alpha value is 0.180.